The molecule has 1 aliphatic rings. The molecular formula is C17H24N4. The molecule has 2 aromatic heterocycles. The Balaban J connectivity index is 1.59. The first-order chi connectivity index (χ1) is 10.2. The number of aryl methyl sites for hydroxylation is 2. The van der Waals surface area contributed by atoms with E-state index in [1.54, 1.807) is 0 Å². The zero-order chi connectivity index (χ0) is 14.7. The van der Waals surface area contributed by atoms with Crippen LogP contribution in [0.3, 0.4) is 0 Å². The van der Waals surface area contributed by atoms with Crippen molar-refractivity contribution >= 4 is 0 Å². The highest BCUT2D eigenvalue weighted by molar-refractivity contribution is 5.10. The lowest BCUT2D eigenvalue weighted by molar-refractivity contribution is 0.228. The minimum atomic E-state index is 0.629. The van der Waals surface area contributed by atoms with Gasteiger partial charge in [0.25, 0.3) is 0 Å². The Morgan fingerprint density at radius 2 is 2.05 bits per heavy atom. The molecule has 4 heteroatoms. The van der Waals surface area contributed by atoms with Crippen LogP contribution in [-0.2, 0) is 13.0 Å². The van der Waals surface area contributed by atoms with Crippen molar-refractivity contribution in [2.75, 3.05) is 13.1 Å². The molecule has 3 rings (SSSR count). The molecule has 21 heavy (non-hydrogen) atoms. The topological polar surface area (TPSA) is 34.0 Å². The molecule has 0 aliphatic carbocycles. The van der Waals surface area contributed by atoms with Crippen LogP contribution in [0, 0.1) is 13.8 Å². The standard InChI is InChI=1S/C17H24N4/c1-14-12-15(2)21(19-14)13-17-4-3-10-20(17)11-7-16-5-8-18-9-6-16/h5-6,8-9,12,17H,3-4,7,10-11,13H2,1-2H3/t17-/m0/s1. The minimum absolute atomic E-state index is 0.629. The second kappa shape index (κ2) is 6.39. The zero-order valence-corrected chi connectivity index (χ0v) is 13.0. The summed E-state index contributed by atoms with van der Waals surface area (Å²) in [6.07, 6.45) is 7.46. The van der Waals surface area contributed by atoms with Crippen molar-refractivity contribution in [1.82, 2.24) is 19.7 Å². The van der Waals surface area contributed by atoms with Crippen LogP contribution in [0.2, 0.25) is 0 Å². The Morgan fingerprint density at radius 1 is 1.24 bits per heavy atom. The summed E-state index contributed by atoms with van der Waals surface area (Å²) in [5.74, 6) is 0. The second-order valence-electron chi connectivity index (χ2n) is 6.05. The molecule has 0 spiro atoms. The molecule has 3 heterocycles. The summed E-state index contributed by atoms with van der Waals surface area (Å²) in [6, 6.07) is 7.03. The van der Waals surface area contributed by atoms with Crippen LogP contribution in [-0.4, -0.2) is 38.8 Å². The van der Waals surface area contributed by atoms with Crippen LogP contribution in [0.1, 0.15) is 29.8 Å². The van der Waals surface area contributed by atoms with E-state index in [2.05, 4.69) is 51.7 Å². The molecule has 0 unspecified atom stereocenters. The van der Waals surface area contributed by atoms with Gasteiger partial charge >= 0.3 is 0 Å². The number of pyridine rings is 1. The van der Waals surface area contributed by atoms with E-state index in [1.165, 1.54) is 30.6 Å². The third-order valence-electron chi connectivity index (χ3n) is 4.42. The van der Waals surface area contributed by atoms with Crippen molar-refractivity contribution in [3.05, 3.63) is 47.5 Å². The average molecular weight is 284 g/mol. The summed E-state index contributed by atoms with van der Waals surface area (Å²) in [7, 11) is 0. The van der Waals surface area contributed by atoms with Crippen molar-refractivity contribution in [3.8, 4) is 0 Å². The third kappa shape index (κ3) is 3.50. The van der Waals surface area contributed by atoms with Crippen molar-refractivity contribution in [3.63, 3.8) is 0 Å². The van der Waals surface area contributed by atoms with Crippen LogP contribution in [0.4, 0.5) is 0 Å². The quantitative estimate of drug-likeness (QED) is 0.846. The molecule has 0 saturated carbocycles. The Labute approximate surface area is 126 Å². The van der Waals surface area contributed by atoms with Crippen molar-refractivity contribution < 1.29 is 0 Å². The molecule has 0 bridgehead atoms. The highest BCUT2D eigenvalue weighted by Gasteiger charge is 2.25. The normalized spacial score (nSPS) is 19.2. The predicted molar refractivity (Wildman–Crippen MR) is 84.2 cm³/mol. The number of hydrogen-bond donors (Lipinski definition) is 0. The first-order valence-electron chi connectivity index (χ1n) is 7.86. The van der Waals surface area contributed by atoms with E-state index in [0.29, 0.717) is 6.04 Å². The van der Waals surface area contributed by atoms with Crippen LogP contribution in [0.5, 0.6) is 0 Å². The maximum Gasteiger partial charge on any atom is 0.0596 e. The zero-order valence-electron chi connectivity index (χ0n) is 13.0. The lowest BCUT2D eigenvalue weighted by atomic mass is 10.1. The van der Waals surface area contributed by atoms with Gasteiger partial charge in [0.2, 0.25) is 0 Å². The molecule has 0 N–H and O–H groups in total. The summed E-state index contributed by atoms with van der Waals surface area (Å²) < 4.78 is 2.17. The van der Waals surface area contributed by atoms with Gasteiger partial charge in [-0.05, 0) is 63.4 Å². The third-order valence-corrected chi connectivity index (χ3v) is 4.42. The first kappa shape index (κ1) is 14.3. The summed E-state index contributed by atoms with van der Waals surface area (Å²) in [6.45, 7) is 7.59. The van der Waals surface area contributed by atoms with Gasteiger partial charge in [-0.3, -0.25) is 14.6 Å². The first-order valence-corrected chi connectivity index (χ1v) is 7.86. The maximum absolute atomic E-state index is 4.61. The lowest BCUT2D eigenvalue weighted by Crippen LogP contribution is -2.35. The van der Waals surface area contributed by atoms with Crippen LogP contribution < -0.4 is 0 Å². The summed E-state index contributed by atoms with van der Waals surface area (Å²) in [5.41, 5.74) is 3.77. The molecule has 2 aromatic rings. The van der Waals surface area contributed by atoms with Gasteiger partial charge in [-0.1, -0.05) is 0 Å². The fourth-order valence-electron chi connectivity index (χ4n) is 3.28. The Kier molecular flexibility index (Phi) is 4.34. The Bertz CT molecular complexity index is 576. The lowest BCUT2D eigenvalue weighted by Gasteiger charge is -2.24. The highest BCUT2D eigenvalue weighted by Crippen LogP contribution is 2.20. The van der Waals surface area contributed by atoms with Gasteiger partial charge in [0.1, 0.15) is 0 Å². The molecule has 1 fully saturated rings. The van der Waals surface area contributed by atoms with Crippen LogP contribution in [0.25, 0.3) is 0 Å². The SMILES string of the molecule is Cc1cc(C)n(C[C@@H]2CCCN2CCc2ccncc2)n1. The van der Waals surface area contributed by atoms with Gasteiger partial charge in [0, 0.05) is 30.7 Å². The fraction of sp³-hybridized carbons (Fsp3) is 0.529. The predicted octanol–water partition coefficient (Wildman–Crippen LogP) is 2.60. The average Bonchev–Trinajstić information content (AvgIpc) is 3.05. The molecule has 1 saturated heterocycles. The van der Waals surface area contributed by atoms with Crippen molar-refractivity contribution in [2.45, 2.75) is 45.7 Å². The Hall–Kier alpha value is -1.68. The molecule has 0 radical (unpaired) electrons. The Morgan fingerprint density at radius 3 is 2.76 bits per heavy atom. The fourth-order valence-corrected chi connectivity index (χ4v) is 3.28. The van der Waals surface area contributed by atoms with E-state index < -0.39 is 0 Å². The van der Waals surface area contributed by atoms with Crippen molar-refractivity contribution in [2.24, 2.45) is 0 Å². The van der Waals surface area contributed by atoms with Crippen molar-refractivity contribution in [1.29, 1.82) is 0 Å². The largest absolute Gasteiger partial charge is 0.298 e. The smallest absolute Gasteiger partial charge is 0.0596 e. The number of nitrogens with zero attached hydrogens (tertiary/aromatic N) is 4. The summed E-state index contributed by atoms with van der Waals surface area (Å²) >= 11 is 0. The van der Waals surface area contributed by atoms with Gasteiger partial charge in [0.05, 0.1) is 12.2 Å². The minimum Gasteiger partial charge on any atom is -0.298 e. The van der Waals surface area contributed by atoms with Gasteiger partial charge in [-0.15, -0.1) is 0 Å². The van der Waals surface area contributed by atoms with E-state index in [1.807, 2.05) is 12.4 Å². The van der Waals surface area contributed by atoms with Gasteiger partial charge in [-0.25, -0.2) is 0 Å². The van der Waals surface area contributed by atoms with E-state index in [4.69, 9.17) is 0 Å². The number of aromatic nitrogens is 3. The molecule has 1 aliphatic heterocycles. The maximum atomic E-state index is 4.61. The van der Waals surface area contributed by atoms with Crippen LogP contribution >= 0.6 is 0 Å². The summed E-state index contributed by atoms with van der Waals surface area (Å²) in [5, 5.41) is 4.61. The monoisotopic (exact) mass is 284 g/mol. The molecular weight excluding hydrogens is 260 g/mol. The number of likely N-dealkylation sites (tertiary alicyclic amines) is 1. The molecule has 4 nitrogen and oxygen atoms in total. The van der Waals surface area contributed by atoms with Gasteiger partial charge < -0.3 is 0 Å². The van der Waals surface area contributed by atoms with Crippen LogP contribution in [0.15, 0.2) is 30.6 Å². The number of rotatable bonds is 5. The van der Waals surface area contributed by atoms with Gasteiger partial charge in [0.15, 0.2) is 0 Å². The summed E-state index contributed by atoms with van der Waals surface area (Å²) in [4.78, 5) is 6.70. The molecule has 0 amide bonds. The number of hydrogen-bond acceptors (Lipinski definition) is 3. The molecule has 1 atom stereocenters. The highest BCUT2D eigenvalue weighted by atomic mass is 15.3. The van der Waals surface area contributed by atoms with E-state index >= 15 is 0 Å². The van der Waals surface area contributed by atoms with E-state index in [-0.39, 0.29) is 0 Å². The van der Waals surface area contributed by atoms with E-state index in [9.17, 15) is 0 Å². The molecule has 112 valence electrons. The molecule has 0 aromatic carbocycles. The van der Waals surface area contributed by atoms with E-state index in [0.717, 1.165) is 25.2 Å². The van der Waals surface area contributed by atoms with Gasteiger partial charge in [-0.2, -0.15) is 5.10 Å². The second-order valence-corrected chi connectivity index (χ2v) is 6.05.